The van der Waals surface area contributed by atoms with Crippen molar-refractivity contribution in [1.29, 1.82) is 0 Å². The maximum absolute atomic E-state index is 13.0. The molecule has 2 N–H and O–H groups in total. The zero-order valence-electron chi connectivity index (χ0n) is 20.9. The van der Waals surface area contributed by atoms with E-state index >= 15 is 0 Å². The third-order valence-corrected chi connectivity index (χ3v) is 5.81. The summed E-state index contributed by atoms with van der Waals surface area (Å²) in [6, 6.07) is 26.4. The van der Waals surface area contributed by atoms with Gasteiger partial charge in [0.1, 0.15) is 20.1 Å². The van der Waals surface area contributed by atoms with Crippen molar-refractivity contribution >= 4 is 30.7 Å². The Labute approximate surface area is 218 Å². The van der Waals surface area contributed by atoms with Crippen LogP contribution in [0.4, 0.5) is 11.4 Å². The summed E-state index contributed by atoms with van der Waals surface area (Å²) in [6.45, 7) is 3.67. The van der Waals surface area contributed by atoms with E-state index in [0.717, 1.165) is 22.4 Å². The van der Waals surface area contributed by atoms with Gasteiger partial charge in [0.15, 0.2) is 0 Å². The van der Waals surface area contributed by atoms with Crippen molar-refractivity contribution in [2.45, 2.75) is 6.10 Å². The van der Waals surface area contributed by atoms with Crippen LogP contribution in [0.3, 0.4) is 0 Å². The molecule has 4 aromatic rings. The first-order valence-electron chi connectivity index (χ1n) is 11.8. The molecule has 0 fully saturated rings. The Hall–Kier alpha value is -4.52. The molecule has 1 atom stereocenters. The highest BCUT2D eigenvalue weighted by atomic mass is 16.6. The van der Waals surface area contributed by atoms with Crippen LogP contribution in [0, 0.1) is 0 Å². The number of nitrogens with zero attached hydrogens (tertiary/aromatic N) is 2. The largest absolute Gasteiger partial charge is 0.458 e. The van der Waals surface area contributed by atoms with Crippen molar-refractivity contribution in [3.8, 4) is 28.3 Å². The fourth-order valence-corrected chi connectivity index (χ4v) is 3.81. The summed E-state index contributed by atoms with van der Waals surface area (Å²) in [4.78, 5) is 19.7. The second-order valence-electron chi connectivity index (χ2n) is 8.66. The van der Waals surface area contributed by atoms with E-state index in [4.69, 9.17) is 28.0 Å². The molecule has 3 aromatic carbocycles. The molecule has 184 valence electrons. The van der Waals surface area contributed by atoms with Gasteiger partial charge >= 0.3 is 5.97 Å². The third-order valence-electron chi connectivity index (χ3n) is 5.81. The number of carbonyl (C=O) groups excluding carboxylic acids is 1. The lowest BCUT2D eigenvalue weighted by Crippen LogP contribution is -2.22. The lowest BCUT2D eigenvalue weighted by Gasteiger charge is -2.21. The highest BCUT2D eigenvalue weighted by Gasteiger charge is 2.27. The van der Waals surface area contributed by atoms with Gasteiger partial charge in [-0.2, -0.15) is 0 Å². The Balaban J connectivity index is 1.83. The van der Waals surface area contributed by atoms with Gasteiger partial charge in [0.25, 0.3) is 0 Å². The number of hydrogen-bond donors (Lipinski definition) is 1. The van der Waals surface area contributed by atoms with E-state index in [1.54, 1.807) is 24.3 Å². The molecule has 7 heteroatoms. The maximum atomic E-state index is 13.0. The van der Waals surface area contributed by atoms with Gasteiger partial charge in [-0.3, -0.25) is 0 Å². The van der Waals surface area contributed by atoms with Crippen LogP contribution in [0.2, 0.25) is 0 Å². The predicted molar refractivity (Wildman–Crippen MR) is 150 cm³/mol. The summed E-state index contributed by atoms with van der Waals surface area (Å²) in [6.07, 6.45) is 0.436. The molecule has 0 aliphatic heterocycles. The first-order valence-corrected chi connectivity index (χ1v) is 11.8. The Morgan fingerprint density at radius 1 is 1.03 bits per heavy atom. The van der Waals surface area contributed by atoms with Crippen LogP contribution < -0.4 is 20.8 Å². The van der Waals surface area contributed by atoms with E-state index in [2.05, 4.69) is 6.58 Å². The zero-order valence-corrected chi connectivity index (χ0v) is 20.9. The molecular weight excluding hydrogens is 461 g/mol. The zero-order chi connectivity index (χ0) is 26.4. The molecule has 1 aromatic heterocycles. The lowest BCUT2D eigenvalue weighted by molar-refractivity contribution is -0.151. The Kier molecular flexibility index (Phi) is 7.94. The van der Waals surface area contributed by atoms with Gasteiger partial charge in [-0.05, 0) is 23.8 Å². The van der Waals surface area contributed by atoms with E-state index in [9.17, 15) is 4.79 Å². The van der Waals surface area contributed by atoms with Crippen LogP contribution in [0.15, 0.2) is 97.6 Å². The molecule has 1 unspecified atom stereocenters. The summed E-state index contributed by atoms with van der Waals surface area (Å²) >= 11 is 0. The number of nitrogen functional groups attached to an aromatic ring is 1. The summed E-state index contributed by atoms with van der Waals surface area (Å²) < 4.78 is 11.6. The van der Waals surface area contributed by atoms with Gasteiger partial charge in [-0.1, -0.05) is 84.8 Å². The molecule has 0 spiro atoms. The monoisotopic (exact) mass is 489 g/mol. The van der Waals surface area contributed by atoms with Gasteiger partial charge in [-0.25, -0.2) is 9.78 Å². The second kappa shape index (κ2) is 11.5. The number of hydrogen-bond acceptors (Lipinski definition) is 6. The van der Waals surface area contributed by atoms with Gasteiger partial charge in [0.05, 0.1) is 5.69 Å². The van der Waals surface area contributed by atoms with Crippen LogP contribution in [0.1, 0.15) is 11.7 Å². The molecule has 0 saturated carbocycles. The quantitative estimate of drug-likeness (QED) is 0.209. The van der Waals surface area contributed by atoms with Crippen molar-refractivity contribution in [2.24, 2.45) is 0 Å². The minimum absolute atomic E-state index is 0.0589. The minimum Gasteiger partial charge on any atom is -0.458 e. The first-order chi connectivity index (χ1) is 17.9. The summed E-state index contributed by atoms with van der Waals surface area (Å²) in [5, 5.41) is 0. The number of carbonyl (C=O) groups is 1. The molecule has 2 radical (unpaired) electrons. The number of rotatable bonds is 9. The highest BCUT2D eigenvalue weighted by Crippen LogP contribution is 2.38. The molecule has 37 heavy (non-hydrogen) atoms. The Morgan fingerprint density at radius 3 is 2.30 bits per heavy atom. The van der Waals surface area contributed by atoms with E-state index in [-0.39, 0.29) is 12.5 Å². The second-order valence-corrected chi connectivity index (χ2v) is 8.66. The standard InChI is InChI=1S/C30H28BN3O3/c1-4-18-36-30(35)28(22-8-6-5-7-9-22)37-29-27(32)25(20-12-16-24(17-13-20)34(2)3)19-26(33-29)21-10-14-23(31)15-11-21/h4-17,19,28H,1,18,32H2,2-3H3. The molecule has 4 rings (SSSR count). The molecule has 0 aliphatic carbocycles. The number of nitrogens with two attached hydrogens (primary N) is 1. The molecule has 0 amide bonds. The van der Waals surface area contributed by atoms with Crippen molar-refractivity contribution in [1.82, 2.24) is 4.98 Å². The van der Waals surface area contributed by atoms with Crippen molar-refractivity contribution in [3.63, 3.8) is 0 Å². The first kappa shape index (κ1) is 25.6. The predicted octanol–water partition coefficient (Wildman–Crippen LogP) is 4.71. The fourth-order valence-electron chi connectivity index (χ4n) is 3.81. The average molecular weight is 489 g/mol. The van der Waals surface area contributed by atoms with Crippen molar-refractivity contribution in [2.75, 3.05) is 31.3 Å². The fraction of sp³-hybridized carbons (Fsp3) is 0.133. The third kappa shape index (κ3) is 6.01. The topological polar surface area (TPSA) is 77.7 Å². The molecule has 0 bridgehead atoms. The normalized spacial score (nSPS) is 11.4. The van der Waals surface area contributed by atoms with E-state index in [1.807, 2.05) is 79.7 Å². The van der Waals surface area contributed by atoms with Crippen LogP contribution in [0.25, 0.3) is 22.4 Å². The number of ether oxygens (including phenoxy) is 2. The molecular formula is C30H28BN3O3. The van der Waals surface area contributed by atoms with Crippen LogP contribution in [0.5, 0.6) is 5.88 Å². The molecule has 1 heterocycles. The Bertz CT molecular complexity index is 1370. The van der Waals surface area contributed by atoms with Gasteiger partial charge in [-0.15, -0.1) is 0 Å². The number of benzene rings is 3. The molecule has 0 aliphatic rings. The number of esters is 1. The summed E-state index contributed by atoms with van der Waals surface area (Å²) in [5.74, 6) is -0.438. The summed E-state index contributed by atoms with van der Waals surface area (Å²) in [7, 11) is 9.86. The SMILES string of the molecule is [B]c1ccc(-c2cc(-c3ccc(N(C)C)cc3)c(N)c(OC(C(=O)OCC=C)c3ccccc3)n2)cc1. The summed E-state index contributed by atoms with van der Waals surface area (Å²) in [5.41, 5.74) is 12.3. The Morgan fingerprint density at radius 2 is 1.68 bits per heavy atom. The highest BCUT2D eigenvalue weighted by molar-refractivity contribution is 6.32. The van der Waals surface area contributed by atoms with Gasteiger partial charge in [0, 0.05) is 36.5 Å². The van der Waals surface area contributed by atoms with E-state index < -0.39 is 12.1 Å². The van der Waals surface area contributed by atoms with Crippen LogP contribution in [-0.4, -0.2) is 39.5 Å². The smallest absolute Gasteiger partial charge is 0.352 e. The lowest BCUT2D eigenvalue weighted by atomic mass is 9.94. The van der Waals surface area contributed by atoms with Crippen LogP contribution in [-0.2, 0) is 9.53 Å². The van der Waals surface area contributed by atoms with Crippen molar-refractivity contribution in [3.05, 3.63) is 103 Å². The van der Waals surface area contributed by atoms with E-state index in [0.29, 0.717) is 22.4 Å². The number of anilines is 2. The minimum atomic E-state index is -1.07. The molecule has 6 nitrogen and oxygen atoms in total. The van der Waals surface area contributed by atoms with Gasteiger partial charge < -0.3 is 20.1 Å². The number of aromatic nitrogens is 1. The molecule has 0 saturated heterocycles. The maximum Gasteiger partial charge on any atom is 0.352 e. The van der Waals surface area contributed by atoms with Crippen molar-refractivity contribution < 1.29 is 14.3 Å². The number of pyridine rings is 1. The van der Waals surface area contributed by atoms with Crippen LogP contribution >= 0.6 is 0 Å². The van der Waals surface area contributed by atoms with Gasteiger partial charge in [0.2, 0.25) is 12.0 Å². The average Bonchev–Trinajstić information content (AvgIpc) is 2.92. The van der Waals surface area contributed by atoms with E-state index in [1.165, 1.54) is 6.08 Å².